The number of hydrogen-bond acceptors (Lipinski definition) is 2. The molecule has 0 bridgehead atoms. The fourth-order valence-corrected chi connectivity index (χ4v) is 6.82. The fraction of sp³-hybridized carbons (Fsp3) is 0.120. The molecule has 2 heteroatoms. The molecular formula is C50H46N2. The van der Waals surface area contributed by atoms with Crippen molar-refractivity contribution < 1.29 is 0 Å². The zero-order valence-electron chi connectivity index (χ0n) is 30.6. The first kappa shape index (κ1) is 34.3. The van der Waals surface area contributed by atoms with E-state index in [9.17, 15) is 0 Å². The molecule has 0 amide bonds. The molecule has 52 heavy (non-hydrogen) atoms. The van der Waals surface area contributed by atoms with E-state index in [1.807, 2.05) is 0 Å². The van der Waals surface area contributed by atoms with Gasteiger partial charge in [0, 0.05) is 34.1 Å². The Labute approximate surface area is 310 Å². The number of aryl methyl sites for hydroxylation is 3. The lowest BCUT2D eigenvalue weighted by atomic mass is 10.0. The first-order valence-electron chi connectivity index (χ1n) is 18.2. The minimum absolute atomic E-state index is 1.03. The topological polar surface area (TPSA) is 6.48 Å². The van der Waals surface area contributed by atoms with Crippen molar-refractivity contribution in [3.05, 3.63) is 208 Å². The summed E-state index contributed by atoms with van der Waals surface area (Å²) in [6.45, 7) is 8.63. The van der Waals surface area contributed by atoms with Gasteiger partial charge in [-0.15, -0.1) is 0 Å². The Morgan fingerprint density at radius 2 is 0.769 bits per heavy atom. The molecule has 0 saturated heterocycles. The molecule has 6 aromatic carbocycles. The van der Waals surface area contributed by atoms with E-state index < -0.39 is 0 Å². The highest BCUT2D eigenvalue weighted by Crippen LogP contribution is 2.36. The maximum Gasteiger partial charge on any atom is 0.0464 e. The average Bonchev–Trinajstić information content (AvgIpc) is 3.15. The lowest BCUT2D eigenvalue weighted by Gasteiger charge is -2.30. The van der Waals surface area contributed by atoms with Crippen molar-refractivity contribution in [2.24, 2.45) is 0 Å². The van der Waals surface area contributed by atoms with Crippen LogP contribution in [-0.2, 0) is 0 Å². The van der Waals surface area contributed by atoms with Crippen molar-refractivity contribution in [2.75, 3.05) is 9.80 Å². The summed E-state index contributed by atoms with van der Waals surface area (Å²) in [7, 11) is 0. The third-order valence-corrected chi connectivity index (χ3v) is 9.50. The SMILES string of the molecule is CC1=CCCC(N(c2ccc(/C=C/c3ccc(/C=C/c4ccc(N(c5cccc(C)c5)c5cccc(C)c5)cc4)cc3)cc2)c2cccc(C)c2)=C1. The number of nitrogens with zero attached hydrogens (tertiary/aromatic N) is 2. The summed E-state index contributed by atoms with van der Waals surface area (Å²) in [5.41, 5.74) is 16.9. The largest absolute Gasteiger partial charge is 0.314 e. The van der Waals surface area contributed by atoms with E-state index >= 15 is 0 Å². The molecule has 0 aliphatic heterocycles. The lowest BCUT2D eigenvalue weighted by molar-refractivity contribution is 0.904. The molecule has 1 aliphatic carbocycles. The van der Waals surface area contributed by atoms with E-state index in [0.29, 0.717) is 0 Å². The molecular weight excluding hydrogens is 629 g/mol. The number of rotatable bonds is 10. The molecule has 0 radical (unpaired) electrons. The van der Waals surface area contributed by atoms with Gasteiger partial charge in [-0.05, 0) is 146 Å². The Kier molecular flexibility index (Phi) is 10.5. The van der Waals surface area contributed by atoms with Crippen LogP contribution >= 0.6 is 0 Å². The van der Waals surface area contributed by atoms with Gasteiger partial charge in [-0.3, -0.25) is 0 Å². The average molecular weight is 675 g/mol. The van der Waals surface area contributed by atoms with E-state index in [1.54, 1.807) is 0 Å². The smallest absolute Gasteiger partial charge is 0.0464 e. The second kappa shape index (κ2) is 15.8. The molecule has 7 rings (SSSR count). The van der Waals surface area contributed by atoms with Gasteiger partial charge in [0.2, 0.25) is 0 Å². The van der Waals surface area contributed by atoms with Crippen molar-refractivity contribution in [2.45, 2.75) is 40.5 Å². The highest BCUT2D eigenvalue weighted by atomic mass is 15.2. The quantitative estimate of drug-likeness (QED) is 0.133. The zero-order chi connectivity index (χ0) is 35.9. The number of hydrogen-bond donors (Lipinski definition) is 0. The summed E-state index contributed by atoms with van der Waals surface area (Å²) < 4.78 is 0. The van der Waals surface area contributed by atoms with Gasteiger partial charge < -0.3 is 9.80 Å². The molecule has 0 spiro atoms. The van der Waals surface area contributed by atoms with Gasteiger partial charge >= 0.3 is 0 Å². The first-order valence-corrected chi connectivity index (χ1v) is 18.2. The summed E-state index contributed by atoms with van der Waals surface area (Å²) in [4.78, 5) is 4.73. The predicted molar refractivity (Wildman–Crippen MR) is 226 cm³/mol. The molecule has 0 heterocycles. The zero-order valence-corrected chi connectivity index (χ0v) is 30.6. The van der Waals surface area contributed by atoms with Crippen LogP contribution in [0.2, 0.25) is 0 Å². The number of anilines is 5. The molecule has 0 fully saturated rings. The van der Waals surface area contributed by atoms with E-state index in [0.717, 1.165) is 35.5 Å². The summed E-state index contributed by atoms with van der Waals surface area (Å²) in [6.07, 6.45) is 15.5. The van der Waals surface area contributed by atoms with E-state index in [4.69, 9.17) is 0 Å². The van der Waals surface area contributed by atoms with Gasteiger partial charge in [0.05, 0.1) is 0 Å². The summed E-state index contributed by atoms with van der Waals surface area (Å²) >= 11 is 0. The van der Waals surface area contributed by atoms with Crippen molar-refractivity contribution in [1.29, 1.82) is 0 Å². The van der Waals surface area contributed by atoms with Crippen LogP contribution in [0.25, 0.3) is 24.3 Å². The van der Waals surface area contributed by atoms with Crippen LogP contribution in [0.15, 0.2) is 169 Å². The Morgan fingerprint density at radius 1 is 0.404 bits per heavy atom. The second-order valence-electron chi connectivity index (χ2n) is 13.8. The molecule has 2 nitrogen and oxygen atoms in total. The third-order valence-electron chi connectivity index (χ3n) is 9.50. The number of benzene rings is 6. The predicted octanol–water partition coefficient (Wildman–Crippen LogP) is 14.2. The third kappa shape index (κ3) is 8.42. The number of allylic oxidation sites excluding steroid dienone is 4. The standard InChI is InChI=1S/C50H46N2/c1-37-9-5-13-47(33-37)51(48-14-6-10-38(2)34-48)45-29-25-43(26-30-45)23-21-41-17-19-42(20-18-41)22-24-44-27-31-46(32-28-44)52(49-15-7-11-39(3)35-49)50-16-8-12-40(4)36-50/h5-7,9-15,17-36H,8,16H2,1-4H3/b23-21+,24-22+. The van der Waals surface area contributed by atoms with Crippen LogP contribution in [0.1, 0.15) is 58.7 Å². The van der Waals surface area contributed by atoms with Gasteiger partial charge in [-0.2, -0.15) is 0 Å². The Morgan fingerprint density at radius 3 is 1.15 bits per heavy atom. The maximum absolute atomic E-state index is 2.41. The normalized spacial score (nSPS) is 12.9. The van der Waals surface area contributed by atoms with E-state index in [1.165, 1.54) is 56.0 Å². The van der Waals surface area contributed by atoms with E-state index in [2.05, 4.69) is 220 Å². The van der Waals surface area contributed by atoms with Crippen LogP contribution < -0.4 is 9.80 Å². The van der Waals surface area contributed by atoms with Gasteiger partial charge in [0.15, 0.2) is 0 Å². The second-order valence-corrected chi connectivity index (χ2v) is 13.8. The summed E-state index contributed by atoms with van der Waals surface area (Å²) in [5.74, 6) is 0. The molecule has 6 aromatic rings. The van der Waals surface area contributed by atoms with Crippen LogP contribution in [0.4, 0.5) is 28.4 Å². The first-order chi connectivity index (χ1) is 25.4. The van der Waals surface area contributed by atoms with Crippen molar-refractivity contribution in [1.82, 2.24) is 0 Å². The highest BCUT2D eigenvalue weighted by Gasteiger charge is 2.17. The Balaban J connectivity index is 1.02. The molecule has 0 aromatic heterocycles. The molecule has 0 atom stereocenters. The summed E-state index contributed by atoms with van der Waals surface area (Å²) in [5, 5.41) is 0. The van der Waals surface area contributed by atoms with Crippen molar-refractivity contribution in [3.8, 4) is 0 Å². The monoisotopic (exact) mass is 674 g/mol. The van der Waals surface area contributed by atoms with Crippen LogP contribution in [-0.4, -0.2) is 0 Å². The van der Waals surface area contributed by atoms with Gasteiger partial charge in [-0.1, -0.05) is 121 Å². The van der Waals surface area contributed by atoms with Gasteiger partial charge in [0.1, 0.15) is 0 Å². The van der Waals surface area contributed by atoms with E-state index in [-0.39, 0.29) is 0 Å². The Hall–Kier alpha value is -6.12. The summed E-state index contributed by atoms with van der Waals surface area (Å²) in [6, 6.07) is 52.5. The van der Waals surface area contributed by atoms with Gasteiger partial charge in [-0.25, -0.2) is 0 Å². The molecule has 0 saturated carbocycles. The van der Waals surface area contributed by atoms with Crippen molar-refractivity contribution >= 4 is 52.7 Å². The van der Waals surface area contributed by atoms with Crippen LogP contribution in [0.5, 0.6) is 0 Å². The minimum atomic E-state index is 1.03. The highest BCUT2D eigenvalue weighted by molar-refractivity contribution is 5.79. The molecule has 256 valence electrons. The van der Waals surface area contributed by atoms with Crippen molar-refractivity contribution in [3.63, 3.8) is 0 Å². The molecule has 1 aliphatic rings. The molecule has 0 N–H and O–H groups in total. The Bertz CT molecular complexity index is 2220. The van der Waals surface area contributed by atoms with Crippen LogP contribution in [0.3, 0.4) is 0 Å². The fourth-order valence-electron chi connectivity index (χ4n) is 6.82. The molecule has 0 unspecified atom stereocenters. The van der Waals surface area contributed by atoms with Crippen LogP contribution in [0, 0.1) is 20.8 Å². The minimum Gasteiger partial charge on any atom is -0.314 e. The maximum atomic E-state index is 2.41. The lowest BCUT2D eigenvalue weighted by Crippen LogP contribution is -2.18. The van der Waals surface area contributed by atoms with Gasteiger partial charge in [0.25, 0.3) is 0 Å².